The van der Waals surface area contributed by atoms with Gasteiger partial charge in [-0.15, -0.1) is 0 Å². The summed E-state index contributed by atoms with van der Waals surface area (Å²) in [7, 11) is 0. The molecule has 0 fully saturated rings. The summed E-state index contributed by atoms with van der Waals surface area (Å²) in [6.07, 6.45) is -1.18. The summed E-state index contributed by atoms with van der Waals surface area (Å²) in [6.45, 7) is 0. The molecule has 1 aliphatic rings. The lowest BCUT2D eigenvalue weighted by molar-refractivity contribution is -0.307. The van der Waals surface area contributed by atoms with Crippen LogP contribution in [-0.4, -0.2) is 17.0 Å². The van der Waals surface area contributed by atoms with Crippen LogP contribution in [0.4, 0.5) is 0 Å². The van der Waals surface area contributed by atoms with E-state index in [2.05, 4.69) is 0 Å². The Morgan fingerprint density at radius 1 is 1.53 bits per heavy atom. The van der Waals surface area contributed by atoms with Crippen molar-refractivity contribution in [3.63, 3.8) is 0 Å². The number of aliphatic carboxylic acids is 1. The molecule has 0 aromatic heterocycles. The van der Waals surface area contributed by atoms with Gasteiger partial charge in [-0.05, 0) is 12.1 Å². The number of carbonyl (C=O) groups is 2. The van der Waals surface area contributed by atoms with Crippen molar-refractivity contribution in [3.8, 4) is 5.75 Å². The average Bonchev–Trinajstić information content (AvgIpc) is 2.42. The topological polar surface area (TPSA) is 86.7 Å². The molecule has 5 nitrogen and oxygen atoms in total. The number of benzene rings is 1. The summed E-state index contributed by atoms with van der Waals surface area (Å²) in [5, 5.41) is 19.5. The highest BCUT2D eigenvalue weighted by Crippen LogP contribution is 2.34. The number of phenolic OH excluding ortho intramolecular Hbond substituents is 1. The second-order valence-electron chi connectivity index (χ2n) is 3.24. The highest BCUT2D eigenvalue weighted by atomic mass is 16.5. The normalized spacial score (nSPS) is 18.4. The zero-order valence-corrected chi connectivity index (χ0v) is 7.60. The Bertz CT molecular complexity index is 437. The van der Waals surface area contributed by atoms with Crippen molar-refractivity contribution in [2.75, 3.05) is 0 Å². The Kier molecular flexibility index (Phi) is 2.07. The van der Waals surface area contributed by atoms with E-state index in [-0.39, 0.29) is 17.7 Å². The van der Waals surface area contributed by atoms with Gasteiger partial charge in [0.1, 0.15) is 11.9 Å². The second-order valence-corrected chi connectivity index (χ2v) is 3.24. The summed E-state index contributed by atoms with van der Waals surface area (Å²) in [5.74, 6) is -1.96. The van der Waals surface area contributed by atoms with Crippen LogP contribution in [0.25, 0.3) is 0 Å². The number of carboxylic acids is 1. The van der Waals surface area contributed by atoms with Gasteiger partial charge in [0.25, 0.3) is 0 Å². The van der Waals surface area contributed by atoms with Gasteiger partial charge in [0.2, 0.25) is 0 Å². The van der Waals surface area contributed by atoms with Gasteiger partial charge < -0.3 is 19.7 Å². The Hall–Kier alpha value is -2.04. The molecular formula is C10H7O5-. The predicted molar refractivity (Wildman–Crippen MR) is 45.9 cm³/mol. The van der Waals surface area contributed by atoms with Crippen molar-refractivity contribution in [1.29, 1.82) is 0 Å². The monoisotopic (exact) mass is 207 g/mol. The van der Waals surface area contributed by atoms with Gasteiger partial charge in [0, 0.05) is 18.0 Å². The van der Waals surface area contributed by atoms with Crippen LogP contribution in [0, 0.1) is 0 Å². The van der Waals surface area contributed by atoms with Crippen LogP contribution >= 0.6 is 0 Å². The van der Waals surface area contributed by atoms with E-state index in [0.29, 0.717) is 5.56 Å². The molecule has 1 atom stereocenters. The molecule has 0 aliphatic carbocycles. The van der Waals surface area contributed by atoms with E-state index in [1.807, 2.05) is 0 Å². The molecule has 78 valence electrons. The molecule has 1 heterocycles. The van der Waals surface area contributed by atoms with Gasteiger partial charge in [0.05, 0.1) is 5.56 Å². The summed E-state index contributed by atoms with van der Waals surface area (Å²) < 4.78 is 4.83. The van der Waals surface area contributed by atoms with E-state index < -0.39 is 18.0 Å². The molecule has 1 aromatic carbocycles. The van der Waals surface area contributed by atoms with E-state index in [1.165, 1.54) is 18.2 Å². The van der Waals surface area contributed by atoms with Crippen LogP contribution in [0.5, 0.6) is 5.75 Å². The highest BCUT2D eigenvalue weighted by Gasteiger charge is 2.31. The third-order valence-electron chi connectivity index (χ3n) is 2.21. The first-order valence-corrected chi connectivity index (χ1v) is 4.31. The predicted octanol–water partition coefficient (Wildman–Crippen LogP) is -0.256. The van der Waals surface area contributed by atoms with Crippen molar-refractivity contribution in [2.24, 2.45) is 0 Å². The summed E-state index contributed by atoms with van der Waals surface area (Å²) in [6, 6.07) is 4.11. The number of aromatic hydroxyl groups is 1. The lowest BCUT2D eigenvalue weighted by atomic mass is 10.0. The summed E-state index contributed by atoms with van der Waals surface area (Å²) >= 11 is 0. The largest absolute Gasteiger partial charge is 0.550 e. The fraction of sp³-hybridized carbons (Fsp3) is 0.200. The van der Waals surface area contributed by atoms with Crippen molar-refractivity contribution < 1.29 is 24.5 Å². The fourth-order valence-electron chi connectivity index (χ4n) is 1.56. The summed E-state index contributed by atoms with van der Waals surface area (Å²) in [5.41, 5.74) is 0.684. The quantitative estimate of drug-likeness (QED) is 0.675. The Morgan fingerprint density at radius 2 is 2.27 bits per heavy atom. The molecule has 0 spiro atoms. The number of cyclic esters (lactones) is 1. The minimum atomic E-state index is -1.28. The maximum absolute atomic E-state index is 11.3. The van der Waals surface area contributed by atoms with Crippen LogP contribution in [0.15, 0.2) is 18.2 Å². The Balaban J connectivity index is 2.38. The maximum atomic E-state index is 11.3. The average molecular weight is 207 g/mol. The smallest absolute Gasteiger partial charge is 0.339 e. The van der Waals surface area contributed by atoms with E-state index in [0.717, 1.165) is 0 Å². The standard InChI is InChI=1S/C10H8O5/c11-5-1-2-6-7(3-5)10(14)15-8(6)4-9(12)13/h1-3,8,11H,4H2,(H,12,13)/p-1/t8-/m1/s1. The van der Waals surface area contributed by atoms with Gasteiger partial charge in [0.15, 0.2) is 0 Å². The van der Waals surface area contributed by atoms with E-state index in [4.69, 9.17) is 9.84 Å². The lowest BCUT2D eigenvalue weighted by Gasteiger charge is -2.10. The third-order valence-corrected chi connectivity index (χ3v) is 2.21. The van der Waals surface area contributed by atoms with Crippen LogP contribution in [0.3, 0.4) is 0 Å². The van der Waals surface area contributed by atoms with Crippen LogP contribution in [0.2, 0.25) is 0 Å². The first-order chi connectivity index (χ1) is 7.08. The number of carboxylic acid groups (broad SMARTS) is 1. The minimum Gasteiger partial charge on any atom is -0.550 e. The summed E-state index contributed by atoms with van der Waals surface area (Å²) in [4.78, 5) is 21.6. The first-order valence-electron chi connectivity index (χ1n) is 4.31. The molecule has 0 saturated carbocycles. The molecule has 1 aromatic rings. The van der Waals surface area contributed by atoms with Crippen molar-refractivity contribution in [2.45, 2.75) is 12.5 Å². The lowest BCUT2D eigenvalue weighted by Crippen LogP contribution is -2.24. The number of hydrogen-bond donors (Lipinski definition) is 1. The Morgan fingerprint density at radius 3 is 2.93 bits per heavy atom. The fourth-order valence-corrected chi connectivity index (χ4v) is 1.56. The number of phenols is 1. The molecule has 0 unspecified atom stereocenters. The zero-order valence-electron chi connectivity index (χ0n) is 7.60. The van der Waals surface area contributed by atoms with Gasteiger partial charge in [-0.1, -0.05) is 6.07 Å². The van der Waals surface area contributed by atoms with E-state index >= 15 is 0 Å². The molecule has 1 N–H and O–H groups in total. The number of hydrogen-bond acceptors (Lipinski definition) is 5. The molecule has 15 heavy (non-hydrogen) atoms. The molecule has 2 rings (SSSR count). The Labute approximate surface area is 84.9 Å². The number of rotatable bonds is 2. The first kappa shape index (κ1) is 9.51. The third kappa shape index (κ3) is 1.63. The molecule has 0 saturated heterocycles. The molecule has 1 aliphatic heterocycles. The number of esters is 1. The van der Waals surface area contributed by atoms with Crippen molar-refractivity contribution in [3.05, 3.63) is 29.3 Å². The molecule has 0 amide bonds. The van der Waals surface area contributed by atoms with Crippen LogP contribution in [-0.2, 0) is 9.53 Å². The van der Waals surface area contributed by atoms with Crippen molar-refractivity contribution in [1.82, 2.24) is 0 Å². The SMILES string of the molecule is O=C([O-])C[C@H]1OC(=O)c2cc(O)ccc21. The highest BCUT2D eigenvalue weighted by molar-refractivity contribution is 5.94. The molecule has 0 bridgehead atoms. The van der Waals surface area contributed by atoms with E-state index in [1.54, 1.807) is 0 Å². The number of fused-ring (bicyclic) bond motifs is 1. The van der Waals surface area contributed by atoms with Gasteiger partial charge in [-0.2, -0.15) is 0 Å². The second kappa shape index (κ2) is 3.27. The van der Waals surface area contributed by atoms with Gasteiger partial charge in [-0.25, -0.2) is 4.79 Å². The zero-order chi connectivity index (χ0) is 11.0. The minimum absolute atomic E-state index is 0.0557. The molecular weight excluding hydrogens is 200 g/mol. The van der Waals surface area contributed by atoms with Gasteiger partial charge >= 0.3 is 5.97 Å². The molecule has 0 radical (unpaired) electrons. The van der Waals surface area contributed by atoms with Crippen molar-refractivity contribution >= 4 is 11.9 Å². The molecule has 5 heteroatoms. The number of carbonyl (C=O) groups excluding carboxylic acids is 2. The van der Waals surface area contributed by atoms with Crippen LogP contribution in [0.1, 0.15) is 28.4 Å². The van der Waals surface area contributed by atoms with Crippen LogP contribution < -0.4 is 5.11 Å². The van der Waals surface area contributed by atoms with Gasteiger partial charge in [-0.3, -0.25) is 0 Å². The van der Waals surface area contributed by atoms with E-state index in [9.17, 15) is 14.7 Å². The maximum Gasteiger partial charge on any atom is 0.339 e. The number of ether oxygens (including phenoxy) is 1.